The second-order valence-electron chi connectivity index (χ2n) is 10.7. The van der Waals surface area contributed by atoms with Crippen LogP contribution in [0.25, 0.3) is 0 Å². The Bertz CT molecular complexity index is 1340. The number of fused-ring (bicyclic) bond motifs is 1. The van der Waals surface area contributed by atoms with Crippen molar-refractivity contribution in [2.45, 2.75) is 68.7 Å². The van der Waals surface area contributed by atoms with Crippen LogP contribution in [0.4, 0.5) is 9.59 Å². The molecule has 2 heterocycles. The molecule has 2 aliphatic rings. The highest BCUT2D eigenvalue weighted by Crippen LogP contribution is 2.33. The predicted octanol–water partition coefficient (Wildman–Crippen LogP) is -0.552. The molecule has 0 radical (unpaired) electrons. The molecule has 16 heteroatoms. The number of nitrogens with one attached hydrogen (secondary N) is 6. The minimum absolute atomic E-state index is 0.00801. The summed E-state index contributed by atoms with van der Waals surface area (Å²) in [7, 11) is 0. The number of hydrogen-bond donors (Lipinski definition) is 8. The van der Waals surface area contributed by atoms with Gasteiger partial charge in [0.15, 0.2) is 12.5 Å². The lowest BCUT2D eigenvalue weighted by Crippen LogP contribution is -2.70. The summed E-state index contributed by atoms with van der Waals surface area (Å²) in [4.78, 5) is 60.2. The standard InChI is InChI=1S/C30H38N6O10/c1-17(38)32-23-24(39)25-22(16-44-28(46-25)19-10-6-3-7-11-19)45-26(23)34-30(43)33-21(27(40)41)12-13-31-29(42)36-35-20(15-37)14-18-8-4-2-5-9-18/h2-11,15,20-26,28,35,39H,12-14,16H2,1H3,(H,32,38)(H,40,41)(H2,31,36,42)(H2,33,34,43)/t20-,21-,22+,23+,24+,25+,26?,28?/m0/s1. The van der Waals surface area contributed by atoms with Crippen LogP contribution in [-0.4, -0.2) is 96.3 Å². The first kappa shape index (κ1) is 34.3. The molecule has 8 N–H and O–H groups in total. The lowest BCUT2D eigenvalue weighted by molar-refractivity contribution is -0.316. The molecular formula is C30H38N6O10. The maximum absolute atomic E-state index is 12.9. The Morgan fingerprint density at radius 2 is 1.67 bits per heavy atom. The summed E-state index contributed by atoms with van der Waals surface area (Å²) < 4.78 is 17.7. The highest BCUT2D eigenvalue weighted by atomic mass is 16.7. The maximum Gasteiger partial charge on any atom is 0.329 e. The van der Waals surface area contributed by atoms with E-state index in [9.17, 15) is 34.2 Å². The van der Waals surface area contributed by atoms with Crippen LogP contribution >= 0.6 is 0 Å². The van der Waals surface area contributed by atoms with Gasteiger partial charge in [0, 0.05) is 19.0 Å². The quantitative estimate of drug-likeness (QED) is 0.102. The first-order valence-corrected chi connectivity index (χ1v) is 14.7. The van der Waals surface area contributed by atoms with Crippen LogP contribution in [-0.2, 0) is 35.0 Å². The van der Waals surface area contributed by atoms with Crippen molar-refractivity contribution >= 4 is 30.2 Å². The van der Waals surface area contributed by atoms with Crippen LogP contribution in [0, 0.1) is 0 Å². The number of carbonyl (C=O) groups is 5. The van der Waals surface area contributed by atoms with Crippen LogP contribution in [0.1, 0.15) is 30.8 Å². The molecule has 0 spiro atoms. The normalized spacial score (nSPS) is 25.1. The van der Waals surface area contributed by atoms with Crippen LogP contribution in [0.2, 0.25) is 0 Å². The van der Waals surface area contributed by atoms with E-state index in [4.69, 9.17) is 14.2 Å². The van der Waals surface area contributed by atoms with Crippen LogP contribution in [0.5, 0.6) is 0 Å². The summed E-state index contributed by atoms with van der Waals surface area (Å²) in [5.74, 6) is -1.88. The van der Waals surface area contributed by atoms with E-state index in [1.54, 1.807) is 12.1 Å². The van der Waals surface area contributed by atoms with Crippen LogP contribution < -0.4 is 32.1 Å². The van der Waals surface area contributed by atoms with E-state index in [2.05, 4.69) is 32.1 Å². The van der Waals surface area contributed by atoms with E-state index in [-0.39, 0.29) is 19.6 Å². The smallest absolute Gasteiger partial charge is 0.329 e. The van der Waals surface area contributed by atoms with Crippen LogP contribution in [0.15, 0.2) is 60.7 Å². The van der Waals surface area contributed by atoms with Gasteiger partial charge in [0.25, 0.3) is 0 Å². The van der Waals surface area contributed by atoms with E-state index < -0.39 is 72.9 Å². The molecule has 2 aromatic rings. The molecule has 2 saturated heterocycles. The molecule has 16 nitrogen and oxygen atoms in total. The van der Waals surface area contributed by atoms with Gasteiger partial charge in [-0.2, -0.15) is 0 Å². The van der Waals surface area contributed by atoms with Gasteiger partial charge >= 0.3 is 18.0 Å². The Hall–Kier alpha value is -4.61. The predicted molar refractivity (Wildman–Crippen MR) is 160 cm³/mol. The number of carbonyl (C=O) groups excluding carboxylic acids is 4. The van der Waals surface area contributed by atoms with Gasteiger partial charge in [-0.25, -0.2) is 19.8 Å². The Kier molecular flexibility index (Phi) is 12.4. The van der Waals surface area contributed by atoms with Gasteiger partial charge in [0.2, 0.25) is 5.91 Å². The van der Waals surface area contributed by atoms with Gasteiger partial charge in [0.05, 0.1) is 12.6 Å². The minimum atomic E-state index is -1.43. The second-order valence-corrected chi connectivity index (χ2v) is 10.7. The number of hydrogen-bond acceptors (Lipinski definition) is 10. The third kappa shape index (κ3) is 9.69. The summed E-state index contributed by atoms with van der Waals surface area (Å²) in [5.41, 5.74) is 6.54. The van der Waals surface area contributed by atoms with E-state index in [1.165, 1.54) is 6.92 Å². The molecule has 0 aromatic heterocycles. The van der Waals surface area contributed by atoms with Crippen molar-refractivity contribution < 1.29 is 48.4 Å². The van der Waals surface area contributed by atoms with E-state index in [0.29, 0.717) is 12.7 Å². The summed E-state index contributed by atoms with van der Waals surface area (Å²) in [5, 5.41) is 30.6. The van der Waals surface area contributed by atoms with Gasteiger partial charge in [0.1, 0.15) is 36.7 Å². The van der Waals surface area contributed by atoms with Gasteiger partial charge < -0.3 is 50.5 Å². The monoisotopic (exact) mass is 642 g/mol. The summed E-state index contributed by atoms with van der Waals surface area (Å²) in [6.45, 7) is 1.09. The number of amides is 5. The molecule has 0 aliphatic carbocycles. The Morgan fingerprint density at radius 3 is 2.33 bits per heavy atom. The molecule has 2 unspecified atom stereocenters. The molecular weight excluding hydrogens is 604 g/mol. The third-order valence-electron chi connectivity index (χ3n) is 7.28. The van der Waals surface area contributed by atoms with Crippen molar-refractivity contribution in [3.05, 3.63) is 71.8 Å². The van der Waals surface area contributed by atoms with Gasteiger partial charge in [-0.15, -0.1) is 0 Å². The molecule has 2 fully saturated rings. The Morgan fingerprint density at radius 1 is 0.978 bits per heavy atom. The first-order chi connectivity index (χ1) is 22.1. The van der Waals surface area contributed by atoms with Gasteiger partial charge in [-0.05, 0) is 18.4 Å². The molecule has 8 atom stereocenters. The molecule has 0 bridgehead atoms. The number of aldehydes is 1. The summed E-state index contributed by atoms with van der Waals surface area (Å²) in [6.07, 6.45) is -4.31. The largest absolute Gasteiger partial charge is 0.480 e. The molecule has 248 valence electrons. The van der Waals surface area contributed by atoms with Crippen molar-refractivity contribution in [2.24, 2.45) is 0 Å². The molecule has 2 aliphatic heterocycles. The minimum Gasteiger partial charge on any atom is -0.480 e. The number of benzene rings is 2. The highest BCUT2D eigenvalue weighted by Gasteiger charge is 2.50. The highest BCUT2D eigenvalue weighted by molar-refractivity contribution is 5.83. The van der Waals surface area contributed by atoms with Crippen molar-refractivity contribution in [3.8, 4) is 0 Å². The number of aliphatic carboxylic acids is 1. The van der Waals surface area contributed by atoms with E-state index in [0.717, 1.165) is 11.1 Å². The Balaban J connectivity index is 1.26. The average molecular weight is 643 g/mol. The van der Waals surface area contributed by atoms with Gasteiger partial charge in [-0.3, -0.25) is 10.2 Å². The number of hydrazine groups is 1. The molecule has 5 amide bonds. The molecule has 4 rings (SSSR count). The third-order valence-corrected chi connectivity index (χ3v) is 7.28. The number of ether oxygens (including phenoxy) is 3. The number of urea groups is 2. The van der Waals surface area contributed by atoms with Crippen molar-refractivity contribution in [1.29, 1.82) is 0 Å². The topological polar surface area (TPSA) is 226 Å². The fourth-order valence-electron chi connectivity index (χ4n) is 5.04. The fourth-order valence-corrected chi connectivity index (χ4v) is 5.04. The lowest BCUT2D eigenvalue weighted by Gasteiger charge is -2.48. The van der Waals surface area contributed by atoms with E-state index in [1.807, 2.05) is 48.5 Å². The second kappa shape index (κ2) is 16.6. The SMILES string of the molecule is CC(=O)N[C@H]1C(NC(=O)N[C@@H](CCNC(=O)NN[C@H](C=O)Cc2ccccc2)C(=O)O)O[C@@H]2COC(c3ccccc3)O[C@H]2[C@@H]1O. The van der Waals surface area contributed by atoms with Crippen molar-refractivity contribution in [3.63, 3.8) is 0 Å². The van der Waals surface area contributed by atoms with Gasteiger partial charge in [-0.1, -0.05) is 60.7 Å². The zero-order chi connectivity index (χ0) is 33.1. The number of carboxylic acid groups (broad SMARTS) is 1. The zero-order valence-electron chi connectivity index (χ0n) is 25.0. The number of aliphatic hydroxyl groups excluding tert-OH is 1. The summed E-state index contributed by atoms with van der Waals surface area (Å²) >= 11 is 0. The average Bonchev–Trinajstić information content (AvgIpc) is 3.05. The first-order valence-electron chi connectivity index (χ1n) is 14.7. The molecule has 2 aromatic carbocycles. The van der Waals surface area contributed by atoms with Crippen molar-refractivity contribution in [1.82, 2.24) is 32.1 Å². The van der Waals surface area contributed by atoms with Crippen molar-refractivity contribution in [2.75, 3.05) is 13.2 Å². The zero-order valence-corrected chi connectivity index (χ0v) is 25.0. The lowest BCUT2D eigenvalue weighted by atomic mass is 9.94. The summed E-state index contributed by atoms with van der Waals surface area (Å²) in [6, 6.07) is 13.3. The molecule has 0 saturated carbocycles. The Labute approximate surface area is 264 Å². The van der Waals surface area contributed by atoms with E-state index >= 15 is 0 Å². The maximum atomic E-state index is 12.9. The fraction of sp³-hybridized carbons (Fsp3) is 0.433. The number of carboxylic acids is 1. The molecule has 46 heavy (non-hydrogen) atoms. The number of rotatable bonds is 13. The number of aliphatic hydroxyl groups is 1. The van der Waals surface area contributed by atoms with Crippen LogP contribution in [0.3, 0.4) is 0 Å².